The molecule has 0 radical (unpaired) electrons. The summed E-state index contributed by atoms with van der Waals surface area (Å²) in [5.74, 6) is 0. The van der Waals surface area contributed by atoms with Crippen LogP contribution in [0.2, 0.25) is 0 Å². The Bertz CT molecular complexity index is 380. The molecule has 0 heterocycles. The molecular formula is C9H9Br2F3NP. The molecule has 0 N–H and O–H groups in total. The van der Waals surface area contributed by atoms with Gasteiger partial charge in [-0.15, -0.1) is 0 Å². The molecule has 0 fully saturated rings. The summed E-state index contributed by atoms with van der Waals surface area (Å²) in [6, 6.07) is 4.32. The van der Waals surface area contributed by atoms with E-state index in [2.05, 4.69) is 31.0 Å². The van der Waals surface area contributed by atoms with E-state index < -0.39 is 17.1 Å². The van der Waals surface area contributed by atoms with Crippen LogP contribution in [0.15, 0.2) is 18.2 Å². The topological polar surface area (TPSA) is 3.24 Å². The van der Waals surface area contributed by atoms with Crippen LogP contribution >= 0.6 is 36.3 Å². The van der Waals surface area contributed by atoms with E-state index in [0.29, 0.717) is 5.69 Å². The van der Waals surface area contributed by atoms with Crippen LogP contribution in [0.5, 0.6) is 0 Å². The average Bonchev–Trinajstić information content (AvgIpc) is 2.15. The van der Waals surface area contributed by atoms with Crippen LogP contribution in [0.4, 0.5) is 18.9 Å². The SMILES string of the molecule is CN(C)c1ccc(P(Br)Br)c(C(F)(F)F)c1. The van der Waals surface area contributed by atoms with E-state index in [1.807, 2.05) is 0 Å². The molecule has 0 spiro atoms. The van der Waals surface area contributed by atoms with Gasteiger partial charge in [-0.25, -0.2) is 0 Å². The molecule has 0 bridgehead atoms. The van der Waals surface area contributed by atoms with E-state index >= 15 is 0 Å². The first-order valence-corrected chi connectivity index (χ1v) is 9.61. The van der Waals surface area contributed by atoms with Crippen LogP contribution in [0, 0.1) is 0 Å². The van der Waals surface area contributed by atoms with E-state index in [0.717, 1.165) is 6.07 Å². The molecule has 0 aliphatic rings. The Morgan fingerprint density at radius 2 is 1.75 bits per heavy atom. The lowest BCUT2D eigenvalue weighted by molar-refractivity contribution is -0.136. The molecule has 90 valence electrons. The van der Waals surface area contributed by atoms with Gasteiger partial charge in [-0.05, 0) is 43.1 Å². The first-order chi connectivity index (χ1) is 7.23. The lowest BCUT2D eigenvalue weighted by atomic mass is 10.2. The van der Waals surface area contributed by atoms with Gasteiger partial charge >= 0.3 is 6.18 Å². The van der Waals surface area contributed by atoms with Gasteiger partial charge in [-0.3, -0.25) is 0 Å². The molecule has 0 aliphatic heterocycles. The quantitative estimate of drug-likeness (QED) is 0.685. The summed E-state index contributed by atoms with van der Waals surface area (Å²) in [5.41, 5.74) is -0.0634. The summed E-state index contributed by atoms with van der Waals surface area (Å²) in [5, 5.41) is -0.882. The second-order valence-electron chi connectivity index (χ2n) is 3.33. The molecule has 16 heavy (non-hydrogen) atoms. The number of rotatable bonds is 2. The molecule has 7 heteroatoms. The molecule has 0 aliphatic carbocycles. The van der Waals surface area contributed by atoms with Crippen molar-refractivity contribution in [2.24, 2.45) is 0 Å². The molecular weight excluding hydrogens is 370 g/mol. The predicted octanol–water partition coefficient (Wildman–Crippen LogP) is 4.50. The third kappa shape index (κ3) is 3.34. The maximum absolute atomic E-state index is 12.8. The van der Waals surface area contributed by atoms with E-state index in [1.54, 1.807) is 25.1 Å². The number of anilines is 1. The minimum Gasteiger partial charge on any atom is -0.378 e. The maximum atomic E-state index is 12.8. The van der Waals surface area contributed by atoms with Crippen molar-refractivity contribution in [3.05, 3.63) is 23.8 Å². The highest BCUT2D eigenvalue weighted by Gasteiger charge is 2.35. The summed E-state index contributed by atoms with van der Waals surface area (Å²) < 4.78 is 38.4. The van der Waals surface area contributed by atoms with Gasteiger partial charge in [0.05, 0.1) is 10.9 Å². The molecule has 0 saturated heterocycles. The molecule has 1 rings (SSSR count). The van der Waals surface area contributed by atoms with Gasteiger partial charge in [0.25, 0.3) is 0 Å². The van der Waals surface area contributed by atoms with Crippen LogP contribution in [-0.4, -0.2) is 14.1 Å². The fourth-order valence-corrected chi connectivity index (χ4v) is 3.59. The molecule has 0 aromatic heterocycles. The fourth-order valence-electron chi connectivity index (χ4n) is 1.18. The molecule has 0 saturated carbocycles. The first-order valence-electron chi connectivity index (χ1n) is 4.23. The summed E-state index contributed by atoms with van der Waals surface area (Å²) >= 11 is 6.31. The zero-order valence-corrected chi connectivity index (χ0v) is 12.6. The van der Waals surface area contributed by atoms with Crippen molar-refractivity contribution in [2.75, 3.05) is 19.0 Å². The van der Waals surface area contributed by atoms with E-state index in [4.69, 9.17) is 0 Å². The largest absolute Gasteiger partial charge is 0.417 e. The minimum absolute atomic E-state index is 0.244. The van der Waals surface area contributed by atoms with E-state index in [-0.39, 0.29) is 5.30 Å². The third-order valence-electron chi connectivity index (χ3n) is 1.98. The number of hydrogen-bond donors (Lipinski definition) is 0. The molecule has 1 aromatic rings. The van der Waals surface area contributed by atoms with Crippen LogP contribution in [-0.2, 0) is 6.18 Å². The number of hydrogen-bond acceptors (Lipinski definition) is 1. The van der Waals surface area contributed by atoms with Crippen molar-refractivity contribution in [1.29, 1.82) is 0 Å². The summed E-state index contributed by atoms with van der Waals surface area (Å²) in [6.07, 6.45) is -4.33. The Kier molecular flexibility index (Phi) is 4.66. The zero-order valence-electron chi connectivity index (χ0n) is 8.52. The van der Waals surface area contributed by atoms with Crippen molar-refractivity contribution in [3.8, 4) is 0 Å². The van der Waals surface area contributed by atoms with Crippen LogP contribution < -0.4 is 10.2 Å². The normalized spacial score (nSPS) is 12.0. The van der Waals surface area contributed by atoms with Crippen LogP contribution in [0.1, 0.15) is 5.56 Å². The monoisotopic (exact) mass is 377 g/mol. The van der Waals surface area contributed by atoms with Crippen molar-refractivity contribution in [1.82, 2.24) is 0 Å². The van der Waals surface area contributed by atoms with Gasteiger partial charge < -0.3 is 4.90 Å². The van der Waals surface area contributed by atoms with Gasteiger partial charge in [0.2, 0.25) is 0 Å². The standard InChI is InChI=1S/C9H9Br2F3NP/c1-15(2)6-3-4-8(16(10)11)7(5-6)9(12,13)14/h3-5H,1-2H3. The van der Waals surface area contributed by atoms with E-state index in [9.17, 15) is 13.2 Å². The molecule has 0 amide bonds. The number of nitrogens with zero attached hydrogens (tertiary/aromatic N) is 1. The summed E-state index contributed by atoms with van der Waals surface area (Å²) in [4.78, 5) is 1.64. The van der Waals surface area contributed by atoms with Gasteiger partial charge in [-0.2, -0.15) is 13.2 Å². The van der Waals surface area contributed by atoms with Crippen molar-refractivity contribution < 1.29 is 13.2 Å². The predicted molar refractivity (Wildman–Crippen MR) is 70.2 cm³/mol. The van der Waals surface area contributed by atoms with Gasteiger partial charge in [0.15, 0.2) is 0 Å². The number of benzene rings is 1. The van der Waals surface area contributed by atoms with Crippen molar-refractivity contribution in [2.45, 2.75) is 6.18 Å². The highest BCUT2D eigenvalue weighted by atomic mass is 79.9. The third-order valence-corrected chi connectivity index (χ3v) is 5.03. The minimum atomic E-state index is -4.33. The highest BCUT2D eigenvalue weighted by Crippen LogP contribution is 2.53. The maximum Gasteiger partial charge on any atom is 0.417 e. The van der Waals surface area contributed by atoms with Crippen LogP contribution in [0.3, 0.4) is 0 Å². The van der Waals surface area contributed by atoms with Gasteiger partial charge in [-0.1, -0.05) is 6.07 Å². The highest BCUT2D eigenvalue weighted by molar-refractivity contribution is 9.70. The Morgan fingerprint density at radius 3 is 2.12 bits per heavy atom. The average molecular weight is 379 g/mol. The van der Waals surface area contributed by atoms with Gasteiger partial charge in [0, 0.05) is 25.1 Å². The number of halogens is 5. The number of alkyl halides is 3. The van der Waals surface area contributed by atoms with E-state index in [1.165, 1.54) is 6.07 Å². The lowest BCUT2D eigenvalue weighted by Crippen LogP contribution is -2.18. The Labute approximate surface area is 109 Å². The second-order valence-corrected chi connectivity index (χ2v) is 11.4. The molecule has 1 aromatic carbocycles. The summed E-state index contributed by atoms with van der Waals surface area (Å²) in [7, 11) is 3.42. The molecule has 0 atom stereocenters. The Hall–Kier alpha value is 0.200. The second kappa shape index (κ2) is 5.23. The fraction of sp³-hybridized carbons (Fsp3) is 0.333. The lowest BCUT2D eigenvalue weighted by Gasteiger charge is -2.18. The zero-order chi connectivity index (χ0) is 12.5. The van der Waals surface area contributed by atoms with Gasteiger partial charge in [0.1, 0.15) is 0 Å². The summed E-state index contributed by atoms with van der Waals surface area (Å²) in [6.45, 7) is 0. The van der Waals surface area contributed by atoms with Crippen molar-refractivity contribution >= 4 is 47.3 Å². The smallest absolute Gasteiger partial charge is 0.378 e. The Morgan fingerprint density at radius 1 is 1.19 bits per heavy atom. The molecule has 1 nitrogen and oxygen atoms in total. The van der Waals surface area contributed by atoms with Crippen molar-refractivity contribution in [3.63, 3.8) is 0 Å². The van der Waals surface area contributed by atoms with Crippen LogP contribution in [0.25, 0.3) is 0 Å². The first kappa shape index (κ1) is 14.3. The molecule has 0 unspecified atom stereocenters. The Balaban J connectivity index is 3.33.